The Morgan fingerprint density at radius 2 is 2.00 bits per heavy atom. The van der Waals surface area contributed by atoms with Gasteiger partial charge in [0.2, 0.25) is 0 Å². The zero-order chi connectivity index (χ0) is 14.4. The highest BCUT2D eigenvalue weighted by atomic mass is 16.4. The number of carbonyl (C=O) groups is 1. The number of carboxylic acid groups (broad SMARTS) is 1. The first-order chi connectivity index (χ1) is 9.72. The van der Waals surface area contributed by atoms with E-state index in [0.717, 1.165) is 5.56 Å². The van der Waals surface area contributed by atoms with Crippen molar-refractivity contribution >= 4 is 5.97 Å². The lowest BCUT2D eigenvalue weighted by Crippen LogP contribution is -2.41. The maximum atomic E-state index is 11.5. The first kappa shape index (κ1) is 15.0. The summed E-state index contributed by atoms with van der Waals surface area (Å²) in [4.78, 5) is 11.5. The Kier molecular flexibility index (Phi) is 5.60. The zero-order valence-electron chi connectivity index (χ0n) is 12.2. The molecule has 0 heterocycles. The van der Waals surface area contributed by atoms with Gasteiger partial charge >= 0.3 is 5.97 Å². The predicted octanol–water partition coefficient (Wildman–Crippen LogP) is 3.41. The molecule has 20 heavy (non-hydrogen) atoms. The van der Waals surface area contributed by atoms with Gasteiger partial charge in [-0.2, -0.15) is 0 Å². The van der Waals surface area contributed by atoms with Crippen LogP contribution in [-0.4, -0.2) is 23.7 Å². The molecule has 0 spiro atoms. The molecule has 1 fully saturated rings. The minimum atomic E-state index is -0.743. The van der Waals surface area contributed by atoms with Crippen LogP contribution < -0.4 is 5.32 Å². The van der Waals surface area contributed by atoms with E-state index in [1.54, 1.807) is 0 Å². The van der Waals surface area contributed by atoms with Crippen LogP contribution in [-0.2, 0) is 4.79 Å². The average molecular weight is 275 g/mol. The Labute approximate surface area is 121 Å². The van der Waals surface area contributed by atoms with Gasteiger partial charge in [0.1, 0.15) is 0 Å². The molecule has 110 valence electrons. The van der Waals surface area contributed by atoms with Crippen LogP contribution in [0.5, 0.6) is 0 Å². The van der Waals surface area contributed by atoms with Gasteiger partial charge in [-0.1, -0.05) is 56.5 Å². The van der Waals surface area contributed by atoms with Gasteiger partial charge < -0.3 is 10.4 Å². The predicted molar refractivity (Wildman–Crippen MR) is 80.9 cm³/mol. The molecule has 3 heteroatoms. The molecule has 3 nitrogen and oxygen atoms in total. The first-order valence-corrected chi connectivity index (χ1v) is 7.73. The third kappa shape index (κ3) is 3.83. The van der Waals surface area contributed by atoms with Crippen molar-refractivity contribution in [1.29, 1.82) is 0 Å². The number of benzene rings is 1. The summed E-state index contributed by atoms with van der Waals surface area (Å²) < 4.78 is 0. The van der Waals surface area contributed by atoms with Gasteiger partial charge in [-0.25, -0.2) is 0 Å². The van der Waals surface area contributed by atoms with Crippen LogP contribution in [0.3, 0.4) is 0 Å². The third-order valence-electron chi connectivity index (χ3n) is 4.52. The molecule has 3 atom stereocenters. The molecular formula is C17H25NO2. The molecule has 0 aliphatic heterocycles. The lowest BCUT2D eigenvalue weighted by atomic mass is 9.82. The second-order valence-corrected chi connectivity index (χ2v) is 5.77. The number of hydrogen-bond donors (Lipinski definition) is 2. The summed E-state index contributed by atoms with van der Waals surface area (Å²) in [6, 6.07) is 10.0. The summed E-state index contributed by atoms with van der Waals surface area (Å²) in [5.41, 5.74) is 0.886. The summed E-state index contributed by atoms with van der Waals surface area (Å²) >= 11 is 0. The first-order valence-electron chi connectivity index (χ1n) is 7.73. The summed E-state index contributed by atoms with van der Waals surface area (Å²) in [5.74, 6) is -0.489. The lowest BCUT2D eigenvalue weighted by Gasteiger charge is -2.32. The fourth-order valence-electron chi connectivity index (χ4n) is 3.27. The van der Waals surface area contributed by atoms with Crippen LogP contribution in [0.25, 0.3) is 0 Å². The number of rotatable bonds is 6. The van der Waals surface area contributed by atoms with Gasteiger partial charge in [0.05, 0.1) is 5.92 Å². The fourth-order valence-corrected chi connectivity index (χ4v) is 3.27. The molecule has 0 radical (unpaired) electrons. The van der Waals surface area contributed by atoms with Gasteiger partial charge in [-0.15, -0.1) is 0 Å². The molecule has 2 rings (SSSR count). The van der Waals surface area contributed by atoms with Crippen molar-refractivity contribution in [2.24, 2.45) is 5.92 Å². The number of aliphatic carboxylic acids is 1. The van der Waals surface area contributed by atoms with Gasteiger partial charge in [-0.05, 0) is 24.3 Å². The van der Waals surface area contributed by atoms with E-state index in [1.807, 2.05) is 30.3 Å². The minimum absolute atomic E-state index is 0.448. The van der Waals surface area contributed by atoms with Gasteiger partial charge in [-0.3, -0.25) is 4.79 Å². The largest absolute Gasteiger partial charge is 0.481 e. The van der Waals surface area contributed by atoms with Gasteiger partial charge in [0.25, 0.3) is 0 Å². The molecule has 1 aromatic rings. The molecule has 1 aliphatic rings. The van der Waals surface area contributed by atoms with Gasteiger partial charge in [0.15, 0.2) is 0 Å². The minimum Gasteiger partial charge on any atom is -0.481 e. The van der Waals surface area contributed by atoms with E-state index in [0.29, 0.717) is 18.5 Å². The SMILES string of the molecule is CCC1CCCCC1NCC(C(=O)O)c1ccccc1. The van der Waals surface area contributed by atoms with Crippen LogP contribution in [0, 0.1) is 5.92 Å². The van der Waals surface area contributed by atoms with Crippen LogP contribution in [0.1, 0.15) is 50.5 Å². The molecule has 0 bridgehead atoms. The molecule has 0 saturated heterocycles. The van der Waals surface area contributed by atoms with E-state index in [4.69, 9.17) is 0 Å². The van der Waals surface area contributed by atoms with Crippen molar-refractivity contribution in [2.75, 3.05) is 6.54 Å². The van der Waals surface area contributed by atoms with Crippen molar-refractivity contribution in [3.05, 3.63) is 35.9 Å². The highest BCUT2D eigenvalue weighted by Crippen LogP contribution is 2.27. The Hall–Kier alpha value is -1.35. The zero-order valence-corrected chi connectivity index (χ0v) is 12.2. The normalized spacial score (nSPS) is 24.2. The summed E-state index contributed by atoms with van der Waals surface area (Å²) in [6.45, 7) is 2.76. The summed E-state index contributed by atoms with van der Waals surface area (Å²) in [6.07, 6.45) is 6.21. The molecule has 1 saturated carbocycles. The highest BCUT2D eigenvalue weighted by Gasteiger charge is 2.26. The van der Waals surface area contributed by atoms with E-state index < -0.39 is 11.9 Å². The Morgan fingerprint density at radius 1 is 1.30 bits per heavy atom. The Balaban J connectivity index is 1.97. The summed E-state index contributed by atoms with van der Waals surface area (Å²) in [5, 5.41) is 13.0. The van der Waals surface area contributed by atoms with Crippen molar-refractivity contribution < 1.29 is 9.90 Å². The molecular weight excluding hydrogens is 250 g/mol. The van der Waals surface area contributed by atoms with Crippen molar-refractivity contribution in [3.63, 3.8) is 0 Å². The third-order valence-corrected chi connectivity index (χ3v) is 4.52. The number of carboxylic acids is 1. The quantitative estimate of drug-likeness (QED) is 0.836. The van der Waals surface area contributed by atoms with Crippen molar-refractivity contribution in [1.82, 2.24) is 5.32 Å². The van der Waals surface area contributed by atoms with Crippen LogP contribution in [0.4, 0.5) is 0 Å². The molecule has 0 aromatic heterocycles. The number of nitrogens with one attached hydrogen (secondary N) is 1. The second kappa shape index (κ2) is 7.44. The summed E-state index contributed by atoms with van der Waals surface area (Å²) in [7, 11) is 0. The number of hydrogen-bond acceptors (Lipinski definition) is 2. The van der Waals surface area contributed by atoms with Crippen LogP contribution >= 0.6 is 0 Å². The lowest BCUT2D eigenvalue weighted by molar-refractivity contribution is -0.138. The van der Waals surface area contributed by atoms with E-state index >= 15 is 0 Å². The molecule has 0 amide bonds. The Bertz CT molecular complexity index is 418. The Morgan fingerprint density at radius 3 is 2.65 bits per heavy atom. The maximum absolute atomic E-state index is 11.5. The van der Waals surface area contributed by atoms with Crippen molar-refractivity contribution in [3.8, 4) is 0 Å². The van der Waals surface area contributed by atoms with E-state index in [1.165, 1.54) is 32.1 Å². The standard InChI is InChI=1S/C17H25NO2/c1-2-13-8-6-7-11-16(13)18-12-15(17(19)20)14-9-4-3-5-10-14/h3-5,9-10,13,15-16,18H,2,6-8,11-12H2,1H3,(H,19,20). The average Bonchev–Trinajstić information content (AvgIpc) is 2.48. The highest BCUT2D eigenvalue weighted by molar-refractivity contribution is 5.76. The molecule has 1 aromatic carbocycles. The van der Waals surface area contributed by atoms with Crippen LogP contribution in [0.15, 0.2) is 30.3 Å². The monoisotopic (exact) mass is 275 g/mol. The van der Waals surface area contributed by atoms with Crippen molar-refractivity contribution in [2.45, 2.75) is 51.0 Å². The van der Waals surface area contributed by atoms with E-state index in [2.05, 4.69) is 12.2 Å². The van der Waals surface area contributed by atoms with Crippen LogP contribution in [0.2, 0.25) is 0 Å². The molecule has 1 aliphatic carbocycles. The maximum Gasteiger partial charge on any atom is 0.312 e. The van der Waals surface area contributed by atoms with E-state index in [-0.39, 0.29) is 0 Å². The van der Waals surface area contributed by atoms with Gasteiger partial charge in [0, 0.05) is 12.6 Å². The smallest absolute Gasteiger partial charge is 0.312 e. The topological polar surface area (TPSA) is 49.3 Å². The molecule has 2 N–H and O–H groups in total. The molecule has 3 unspecified atom stereocenters. The fraction of sp³-hybridized carbons (Fsp3) is 0.588. The second-order valence-electron chi connectivity index (χ2n) is 5.77. The van der Waals surface area contributed by atoms with E-state index in [9.17, 15) is 9.90 Å².